The Kier molecular flexibility index (Phi) is 4.02. The number of hydrogen-bond donors (Lipinski definition) is 2. The Morgan fingerprint density at radius 3 is 2.80 bits per heavy atom. The van der Waals surface area contributed by atoms with E-state index >= 15 is 0 Å². The lowest BCUT2D eigenvalue weighted by molar-refractivity contribution is -0.139. The molecule has 0 aliphatic heterocycles. The number of carbonyl (C=O) groups is 2. The van der Waals surface area contributed by atoms with Crippen LogP contribution in [-0.2, 0) is 4.79 Å². The summed E-state index contributed by atoms with van der Waals surface area (Å²) in [6, 6.07) is 2.54. The Hall–Kier alpha value is -2.37. The number of fused-ring (bicyclic) bond motifs is 1. The monoisotopic (exact) mass is 275 g/mol. The summed E-state index contributed by atoms with van der Waals surface area (Å²) in [6.07, 6.45) is 5.30. The van der Waals surface area contributed by atoms with Crippen LogP contribution < -0.4 is 5.32 Å². The molecule has 0 aliphatic rings. The van der Waals surface area contributed by atoms with E-state index in [0.29, 0.717) is 12.0 Å². The van der Waals surface area contributed by atoms with Crippen molar-refractivity contribution >= 4 is 17.4 Å². The Labute approximate surface area is 116 Å². The molecule has 0 saturated carbocycles. The molecule has 0 aromatic carbocycles. The molecule has 2 aromatic rings. The van der Waals surface area contributed by atoms with E-state index in [1.165, 1.54) is 0 Å². The van der Waals surface area contributed by atoms with Crippen LogP contribution in [0, 0.1) is 5.92 Å². The zero-order chi connectivity index (χ0) is 14.7. The maximum Gasteiger partial charge on any atom is 0.326 e. The number of hydrogen-bond acceptors (Lipinski definition) is 3. The smallest absolute Gasteiger partial charge is 0.326 e. The van der Waals surface area contributed by atoms with Crippen molar-refractivity contribution in [2.45, 2.75) is 26.3 Å². The maximum absolute atomic E-state index is 12.1. The Balaban J connectivity index is 2.15. The first-order chi connectivity index (χ1) is 9.47. The quantitative estimate of drug-likeness (QED) is 0.867. The van der Waals surface area contributed by atoms with Gasteiger partial charge >= 0.3 is 5.97 Å². The van der Waals surface area contributed by atoms with Gasteiger partial charge in [0.2, 0.25) is 0 Å². The molecule has 6 heteroatoms. The number of nitrogens with zero attached hydrogens (tertiary/aromatic N) is 2. The number of aromatic nitrogens is 2. The fraction of sp³-hybridized carbons (Fsp3) is 0.357. The number of carboxylic acids is 1. The highest BCUT2D eigenvalue weighted by molar-refractivity contribution is 5.96. The molecular formula is C14H17N3O3. The molecule has 2 rings (SSSR count). The summed E-state index contributed by atoms with van der Waals surface area (Å²) in [6.45, 7) is 3.83. The minimum atomic E-state index is -1.02. The van der Waals surface area contributed by atoms with Gasteiger partial charge in [-0.3, -0.25) is 4.79 Å². The molecule has 1 amide bonds. The second-order valence-electron chi connectivity index (χ2n) is 5.14. The zero-order valence-electron chi connectivity index (χ0n) is 11.4. The molecule has 1 unspecified atom stereocenters. The second kappa shape index (κ2) is 5.73. The van der Waals surface area contributed by atoms with Crippen molar-refractivity contribution in [3.05, 3.63) is 36.4 Å². The van der Waals surface area contributed by atoms with E-state index in [9.17, 15) is 9.59 Å². The van der Waals surface area contributed by atoms with Gasteiger partial charge in [0.05, 0.1) is 23.6 Å². The van der Waals surface area contributed by atoms with E-state index in [-0.39, 0.29) is 5.92 Å². The SMILES string of the molecule is CC(C)CC(NC(=O)c1ccc2cncn2c1)C(=O)O. The maximum atomic E-state index is 12.1. The minimum Gasteiger partial charge on any atom is -0.480 e. The number of pyridine rings is 1. The third kappa shape index (κ3) is 3.14. The first-order valence-corrected chi connectivity index (χ1v) is 6.42. The topological polar surface area (TPSA) is 83.7 Å². The Bertz CT molecular complexity index is 633. The number of rotatable bonds is 5. The summed E-state index contributed by atoms with van der Waals surface area (Å²) in [5.74, 6) is -1.23. The minimum absolute atomic E-state index is 0.188. The average Bonchev–Trinajstić information content (AvgIpc) is 2.84. The highest BCUT2D eigenvalue weighted by atomic mass is 16.4. The second-order valence-corrected chi connectivity index (χ2v) is 5.14. The van der Waals surface area contributed by atoms with Crippen LogP contribution >= 0.6 is 0 Å². The fourth-order valence-corrected chi connectivity index (χ4v) is 1.99. The molecule has 0 spiro atoms. The molecule has 0 saturated heterocycles. The van der Waals surface area contributed by atoms with Gasteiger partial charge in [-0.1, -0.05) is 13.8 Å². The summed E-state index contributed by atoms with van der Waals surface area (Å²) in [5, 5.41) is 11.7. The first kappa shape index (κ1) is 14.0. The van der Waals surface area contributed by atoms with Crippen molar-refractivity contribution in [1.29, 1.82) is 0 Å². The Morgan fingerprint density at radius 1 is 1.40 bits per heavy atom. The average molecular weight is 275 g/mol. The lowest BCUT2D eigenvalue weighted by atomic mass is 10.0. The lowest BCUT2D eigenvalue weighted by Gasteiger charge is -2.16. The number of aliphatic carboxylic acids is 1. The summed E-state index contributed by atoms with van der Waals surface area (Å²) in [7, 11) is 0. The highest BCUT2D eigenvalue weighted by Crippen LogP contribution is 2.09. The number of carboxylic acid groups (broad SMARTS) is 1. The molecule has 20 heavy (non-hydrogen) atoms. The van der Waals surface area contributed by atoms with Gasteiger partial charge in [0.15, 0.2) is 0 Å². The highest BCUT2D eigenvalue weighted by Gasteiger charge is 2.21. The molecule has 0 fully saturated rings. The van der Waals surface area contributed by atoms with E-state index in [2.05, 4.69) is 10.3 Å². The van der Waals surface area contributed by atoms with Crippen molar-refractivity contribution in [2.24, 2.45) is 5.92 Å². The van der Waals surface area contributed by atoms with Gasteiger partial charge in [0.25, 0.3) is 5.91 Å². The molecule has 106 valence electrons. The summed E-state index contributed by atoms with van der Waals surface area (Å²) in [4.78, 5) is 27.2. The van der Waals surface area contributed by atoms with Gasteiger partial charge in [0, 0.05) is 6.20 Å². The third-order valence-electron chi connectivity index (χ3n) is 2.98. The number of nitrogens with one attached hydrogen (secondary N) is 1. The van der Waals surface area contributed by atoms with Crippen molar-refractivity contribution in [1.82, 2.24) is 14.7 Å². The number of amides is 1. The van der Waals surface area contributed by atoms with E-state index in [1.54, 1.807) is 35.3 Å². The van der Waals surface area contributed by atoms with Gasteiger partial charge in [-0.15, -0.1) is 0 Å². The zero-order valence-corrected chi connectivity index (χ0v) is 11.4. The molecule has 1 atom stereocenters. The normalized spacial score (nSPS) is 12.6. The number of imidazole rings is 1. The van der Waals surface area contributed by atoms with E-state index in [1.807, 2.05) is 13.8 Å². The van der Waals surface area contributed by atoms with E-state index < -0.39 is 17.9 Å². The predicted octanol–water partition coefficient (Wildman–Crippen LogP) is 1.56. The molecule has 0 radical (unpaired) electrons. The van der Waals surface area contributed by atoms with Crippen LogP contribution in [0.4, 0.5) is 0 Å². The molecule has 2 heterocycles. The fourth-order valence-electron chi connectivity index (χ4n) is 1.99. The summed E-state index contributed by atoms with van der Waals surface area (Å²) in [5.41, 5.74) is 1.28. The van der Waals surface area contributed by atoms with Gasteiger partial charge in [-0.05, 0) is 24.5 Å². The van der Waals surface area contributed by atoms with Crippen LogP contribution in [0.5, 0.6) is 0 Å². The molecular weight excluding hydrogens is 258 g/mol. The van der Waals surface area contributed by atoms with Crippen LogP contribution in [0.3, 0.4) is 0 Å². The van der Waals surface area contributed by atoms with E-state index in [4.69, 9.17) is 5.11 Å². The van der Waals surface area contributed by atoms with Crippen molar-refractivity contribution in [3.63, 3.8) is 0 Å². The molecule has 6 nitrogen and oxygen atoms in total. The van der Waals surface area contributed by atoms with Crippen LogP contribution in [0.1, 0.15) is 30.6 Å². The number of carbonyl (C=O) groups excluding carboxylic acids is 1. The van der Waals surface area contributed by atoms with Crippen LogP contribution in [0.25, 0.3) is 5.52 Å². The van der Waals surface area contributed by atoms with Crippen LogP contribution in [0.2, 0.25) is 0 Å². The third-order valence-corrected chi connectivity index (χ3v) is 2.98. The van der Waals surface area contributed by atoms with Crippen LogP contribution in [-0.4, -0.2) is 32.4 Å². The largest absolute Gasteiger partial charge is 0.480 e. The molecule has 2 N–H and O–H groups in total. The van der Waals surface area contributed by atoms with Crippen molar-refractivity contribution in [2.75, 3.05) is 0 Å². The first-order valence-electron chi connectivity index (χ1n) is 6.42. The van der Waals surface area contributed by atoms with Crippen molar-refractivity contribution < 1.29 is 14.7 Å². The Morgan fingerprint density at radius 2 is 2.15 bits per heavy atom. The lowest BCUT2D eigenvalue weighted by Crippen LogP contribution is -2.41. The van der Waals surface area contributed by atoms with E-state index in [0.717, 1.165) is 5.52 Å². The van der Waals surface area contributed by atoms with Gasteiger partial charge in [-0.25, -0.2) is 9.78 Å². The van der Waals surface area contributed by atoms with Gasteiger partial charge in [0.1, 0.15) is 6.04 Å². The van der Waals surface area contributed by atoms with Gasteiger partial charge < -0.3 is 14.8 Å². The summed E-state index contributed by atoms with van der Waals surface area (Å²) >= 11 is 0. The standard InChI is InChI=1S/C14H17N3O3/c1-9(2)5-12(14(19)20)16-13(18)10-3-4-11-6-15-8-17(11)7-10/h3-4,6-9,12H,5H2,1-2H3,(H,16,18)(H,19,20). The predicted molar refractivity (Wildman–Crippen MR) is 73.5 cm³/mol. The summed E-state index contributed by atoms with van der Waals surface area (Å²) < 4.78 is 1.72. The molecule has 0 bridgehead atoms. The van der Waals surface area contributed by atoms with Crippen LogP contribution in [0.15, 0.2) is 30.9 Å². The van der Waals surface area contributed by atoms with Gasteiger partial charge in [-0.2, -0.15) is 0 Å². The molecule has 0 aliphatic carbocycles. The molecule has 2 aromatic heterocycles. The van der Waals surface area contributed by atoms with Crippen molar-refractivity contribution in [3.8, 4) is 0 Å².